The molecule has 5 aliphatic carbocycles. The van der Waals surface area contributed by atoms with Crippen molar-refractivity contribution in [2.75, 3.05) is 0 Å². The van der Waals surface area contributed by atoms with Crippen molar-refractivity contribution in [2.45, 2.75) is 86.0 Å². The Morgan fingerprint density at radius 2 is 1.81 bits per heavy atom. The number of carboxylic acids is 1. The van der Waals surface area contributed by atoms with Crippen LogP contribution >= 0.6 is 0 Å². The highest BCUT2D eigenvalue weighted by atomic mass is 16.4. The topological polar surface area (TPSA) is 37.3 Å². The first kappa shape index (κ1) is 18.3. The number of carbonyl (C=O) groups is 1. The van der Waals surface area contributed by atoms with Gasteiger partial charge in [-0.05, 0) is 97.7 Å². The molecule has 0 radical (unpaired) electrons. The first-order chi connectivity index (χ1) is 12.7. The van der Waals surface area contributed by atoms with Gasteiger partial charge >= 0.3 is 5.97 Å². The number of aliphatic carboxylic acids is 1. The van der Waals surface area contributed by atoms with Crippen LogP contribution in [0.4, 0.5) is 0 Å². The lowest BCUT2D eigenvalue weighted by Gasteiger charge is -2.49. The summed E-state index contributed by atoms with van der Waals surface area (Å²) in [7, 11) is 0. The van der Waals surface area contributed by atoms with Crippen molar-refractivity contribution >= 4 is 5.97 Å². The third-order valence-corrected chi connectivity index (χ3v) is 10.9. The van der Waals surface area contributed by atoms with Crippen LogP contribution < -0.4 is 0 Å². The van der Waals surface area contributed by atoms with Gasteiger partial charge in [-0.3, -0.25) is 0 Å². The second kappa shape index (κ2) is 5.42. The maximum absolute atomic E-state index is 12.7. The van der Waals surface area contributed by atoms with E-state index in [-0.39, 0.29) is 10.8 Å². The molecular formula is C25H38O2. The van der Waals surface area contributed by atoms with E-state index >= 15 is 0 Å². The normalized spacial score (nSPS) is 53.5. The van der Waals surface area contributed by atoms with E-state index in [9.17, 15) is 9.90 Å². The number of hydrogen-bond acceptors (Lipinski definition) is 1. The number of hydrogen-bond donors (Lipinski definition) is 1. The van der Waals surface area contributed by atoms with E-state index in [1.807, 2.05) is 0 Å². The van der Waals surface area contributed by atoms with Crippen LogP contribution in [0.1, 0.15) is 86.0 Å². The van der Waals surface area contributed by atoms with Crippen molar-refractivity contribution < 1.29 is 9.90 Å². The summed E-state index contributed by atoms with van der Waals surface area (Å²) >= 11 is 0. The van der Waals surface area contributed by atoms with Crippen molar-refractivity contribution in [3.8, 4) is 0 Å². The fourth-order valence-corrected chi connectivity index (χ4v) is 9.65. The minimum absolute atomic E-state index is 0.0133. The summed E-state index contributed by atoms with van der Waals surface area (Å²) in [5.41, 5.74) is 2.97. The molecular weight excluding hydrogens is 332 g/mol. The number of allylic oxidation sites excluding steroid dienone is 1. The van der Waals surface area contributed by atoms with Gasteiger partial charge in [0.15, 0.2) is 0 Å². The molecule has 0 aromatic rings. The Bertz CT molecular complexity index is 720. The number of rotatable bonds is 2. The van der Waals surface area contributed by atoms with E-state index in [0.29, 0.717) is 29.1 Å². The standard InChI is InChI=1S/C25H38O2/c1-14(2)16-7-9-23(4)13-20-17(12-19(16)23)21(22(26)27)25-11-6-15(3)18(25)8-10-24(20,25)5/h14-16,18-20H,6-13H2,1-5H3,(H,26,27)/t15-,16+,18+,19+,20?,23-,24+,25?/m1/s1. The summed E-state index contributed by atoms with van der Waals surface area (Å²) in [4.78, 5) is 12.7. The maximum atomic E-state index is 12.7. The van der Waals surface area contributed by atoms with Crippen LogP contribution in [0.3, 0.4) is 0 Å². The largest absolute Gasteiger partial charge is 0.478 e. The summed E-state index contributed by atoms with van der Waals surface area (Å²) in [6, 6.07) is 0. The summed E-state index contributed by atoms with van der Waals surface area (Å²) in [6.45, 7) is 12.2. The van der Waals surface area contributed by atoms with Gasteiger partial charge in [-0.2, -0.15) is 0 Å². The quantitative estimate of drug-likeness (QED) is 0.618. The van der Waals surface area contributed by atoms with Crippen molar-refractivity contribution in [1.82, 2.24) is 0 Å². The zero-order chi connectivity index (χ0) is 19.4. The fourth-order valence-electron chi connectivity index (χ4n) is 9.65. The fraction of sp³-hybridized carbons (Fsp3) is 0.880. The Balaban J connectivity index is 1.66. The molecule has 4 fully saturated rings. The molecule has 1 N–H and O–H groups in total. The second-order valence-electron chi connectivity index (χ2n) is 11.9. The van der Waals surface area contributed by atoms with E-state index in [2.05, 4.69) is 34.6 Å². The highest BCUT2D eigenvalue weighted by Crippen LogP contribution is 2.79. The molecule has 1 spiro atoms. The Morgan fingerprint density at radius 1 is 1.07 bits per heavy atom. The molecule has 5 aliphatic rings. The molecule has 0 amide bonds. The van der Waals surface area contributed by atoms with Crippen molar-refractivity contribution in [3.05, 3.63) is 11.1 Å². The molecule has 2 heteroatoms. The van der Waals surface area contributed by atoms with Gasteiger partial charge in [0.05, 0.1) is 0 Å². The number of carboxylic acid groups (broad SMARTS) is 1. The molecule has 2 nitrogen and oxygen atoms in total. The lowest BCUT2D eigenvalue weighted by atomic mass is 9.54. The molecule has 2 unspecified atom stereocenters. The third kappa shape index (κ3) is 1.96. The minimum Gasteiger partial charge on any atom is -0.478 e. The molecule has 0 bridgehead atoms. The lowest BCUT2D eigenvalue weighted by molar-refractivity contribution is -0.135. The smallest absolute Gasteiger partial charge is 0.332 e. The molecule has 5 rings (SSSR count). The van der Waals surface area contributed by atoms with E-state index in [1.165, 1.54) is 44.1 Å². The molecule has 150 valence electrons. The van der Waals surface area contributed by atoms with E-state index < -0.39 is 5.97 Å². The molecule has 0 saturated heterocycles. The van der Waals surface area contributed by atoms with Gasteiger partial charge in [0.1, 0.15) is 0 Å². The zero-order valence-electron chi connectivity index (χ0n) is 18.0. The molecule has 0 aromatic heterocycles. The van der Waals surface area contributed by atoms with Gasteiger partial charge in [0.2, 0.25) is 0 Å². The molecule has 0 aromatic carbocycles. The van der Waals surface area contributed by atoms with Gasteiger partial charge in [-0.1, -0.05) is 40.2 Å². The first-order valence-electron chi connectivity index (χ1n) is 11.6. The summed E-state index contributed by atoms with van der Waals surface area (Å²) in [6.07, 6.45) is 9.92. The summed E-state index contributed by atoms with van der Waals surface area (Å²) in [5.74, 6) is 3.47. The van der Waals surface area contributed by atoms with Crippen LogP contribution in [0.25, 0.3) is 0 Å². The molecule has 0 aliphatic heterocycles. The van der Waals surface area contributed by atoms with Gasteiger partial charge in [-0.15, -0.1) is 0 Å². The lowest BCUT2D eigenvalue weighted by Crippen LogP contribution is -2.43. The Labute approximate surface area is 165 Å². The average molecular weight is 371 g/mol. The minimum atomic E-state index is -0.567. The Morgan fingerprint density at radius 3 is 2.48 bits per heavy atom. The van der Waals surface area contributed by atoms with E-state index in [1.54, 1.807) is 0 Å². The summed E-state index contributed by atoms with van der Waals surface area (Å²) in [5, 5.41) is 10.5. The van der Waals surface area contributed by atoms with Crippen LogP contribution in [-0.2, 0) is 4.79 Å². The van der Waals surface area contributed by atoms with Gasteiger partial charge in [-0.25, -0.2) is 4.79 Å². The van der Waals surface area contributed by atoms with Gasteiger partial charge < -0.3 is 5.11 Å². The van der Waals surface area contributed by atoms with Crippen molar-refractivity contribution in [2.24, 2.45) is 51.8 Å². The van der Waals surface area contributed by atoms with Crippen molar-refractivity contribution in [1.29, 1.82) is 0 Å². The molecule has 4 saturated carbocycles. The highest BCUT2D eigenvalue weighted by molar-refractivity contribution is 5.91. The van der Waals surface area contributed by atoms with Crippen LogP contribution in [0.15, 0.2) is 11.1 Å². The van der Waals surface area contributed by atoms with Crippen LogP contribution in [0.2, 0.25) is 0 Å². The molecule has 8 atom stereocenters. The maximum Gasteiger partial charge on any atom is 0.332 e. The van der Waals surface area contributed by atoms with E-state index in [4.69, 9.17) is 0 Å². The Hall–Kier alpha value is -0.790. The van der Waals surface area contributed by atoms with E-state index in [0.717, 1.165) is 30.3 Å². The first-order valence-corrected chi connectivity index (χ1v) is 11.6. The Kier molecular flexibility index (Phi) is 3.66. The predicted molar refractivity (Wildman–Crippen MR) is 108 cm³/mol. The predicted octanol–water partition coefficient (Wildman–Crippen LogP) is 6.31. The molecule has 0 heterocycles. The average Bonchev–Trinajstić information content (AvgIpc) is 3.23. The SMILES string of the molecule is CC(C)[C@@H]1CC[C@]2(C)CC3C(=C(C(=O)O)C45CC[C@@H](C)[C@@H]4CC[C@@]35C)C[C@@H]12. The van der Waals surface area contributed by atoms with Gasteiger partial charge in [0, 0.05) is 11.0 Å². The monoisotopic (exact) mass is 370 g/mol. The third-order valence-electron chi connectivity index (χ3n) is 10.9. The van der Waals surface area contributed by atoms with Crippen molar-refractivity contribution in [3.63, 3.8) is 0 Å². The van der Waals surface area contributed by atoms with Crippen LogP contribution in [0.5, 0.6) is 0 Å². The molecule has 27 heavy (non-hydrogen) atoms. The summed E-state index contributed by atoms with van der Waals surface area (Å²) < 4.78 is 0. The van der Waals surface area contributed by atoms with Crippen LogP contribution in [0, 0.1) is 51.8 Å². The zero-order valence-corrected chi connectivity index (χ0v) is 18.0. The van der Waals surface area contributed by atoms with Gasteiger partial charge in [0.25, 0.3) is 0 Å². The highest BCUT2D eigenvalue weighted by Gasteiger charge is 2.72. The number of fused-ring (bicyclic) bond motifs is 3. The van der Waals surface area contributed by atoms with Crippen LogP contribution in [-0.4, -0.2) is 11.1 Å². The second-order valence-corrected chi connectivity index (χ2v) is 11.9.